The van der Waals surface area contributed by atoms with E-state index in [1.54, 1.807) is 0 Å². The molecule has 1 saturated carbocycles. The Morgan fingerprint density at radius 1 is 1.11 bits per heavy atom. The molecule has 1 aliphatic heterocycles. The molecular formula is C27H30F3N3OS. The van der Waals surface area contributed by atoms with Crippen molar-refractivity contribution in [2.24, 2.45) is 10.8 Å². The van der Waals surface area contributed by atoms with Crippen LogP contribution in [0.4, 0.5) is 13.2 Å². The van der Waals surface area contributed by atoms with Gasteiger partial charge in [-0.3, -0.25) is 4.79 Å². The first kappa shape index (κ1) is 24.2. The van der Waals surface area contributed by atoms with Gasteiger partial charge in [-0.1, -0.05) is 62.9 Å². The third-order valence-corrected chi connectivity index (χ3v) is 8.25. The molecule has 0 radical (unpaired) electrons. The zero-order valence-corrected chi connectivity index (χ0v) is 21.0. The Balaban J connectivity index is 1.41. The van der Waals surface area contributed by atoms with Crippen LogP contribution in [0.1, 0.15) is 51.2 Å². The number of fused-ring (bicyclic) bond motifs is 3. The second-order valence-corrected chi connectivity index (χ2v) is 12.1. The third-order valence-electron chi connectivity index (χ3n) is 7.28. The van der Waals surface area contributed by atoms with Crippen LogP contribution >= 0.6 is 11.8 Å². The topological polar surface area (TPSA) is 38.1 Å². The zero-order valence-electron chi connectivity index (χ0n) is 20.2. The Bertz CT molecular complexity index is 1250. The Kier molecular flexibility index (Phi) is 5.93. The van der Waals surface area contributed by atoms with Gasteiger partial charge in [0.15, 0.2) is 5.16 Å². The smallest absolute Gasteiger partial charge is 0.338 e. The van der Waals surface area contributed by atoms with E-state index in [4.69, 9.17) is 0 Å². The molecule has 35 heavy (non-hydrogen) atoms. The second kappa shape index (κ2) is 8.57. The summed E-state index contributed by atoms with van der Waals surface area (Å²) in [5.41, 5.74) is 1.59. The summed E-state index contributed by atoms with van der Waals surface area (Å²) in [5, 5.41) is 0.560. The number of alkyl halides is 3. The first-order valence-corrected chi connectivity index (χ1v) is 12.9. The molecule has 5 rings (SSSR count). The third kappa shape index (κ3) is 4.95. The van der Waals surface area contributed by atoms with E-state index in [-0.39, 0.29) is 34.0 Å². The van der Waals surface area contributed by atoms with Crippen LogP contribution in [0.2, 0.25) is 0 Å². The second-order valence-electron chi connectivity index (χ2n) is 11.2. The lowest BCUT2D eigenvalue weighted by atomic mass is 9.65. The molecule has 1 aliphatic carbocycles. The number of hydrogen-bond donors (Lipinski definition) is 0. The number of nitrogens with zero attached hydrogens (tertiary/aromatic N) is 3. The number of carbonyl (C=O) groups excluding carboxylic acids is 1. The van der Waals surface area contributed by atoms with E-state index in [2.05, 4.69) is 25.8 Å². The van der Waals surface area contributed by atoms with Crippen molar-refractivity contribution >= 4 is 28.7 Å². The summed E-state index contributed by atoms with van der Waals surface area (Å²) < 4.78 is 41.8. The van der Waals surface area contributed by atoms with Crippen molar-refractivity contribution in [2.45, 2.75) is 64.0 Å². The summed E-state index contributed by atoms with van der Waals surface area (Å²) >= 11 is 1.31. The Labute approximate surface area is 207 Å². The molecule has 0 spiro atoms. The number of rotatable bonds is 5. The van der Waals surface area contributed by atoms with Crippen LogP contribution in [0.15, 0.2) is 53.7 Å². The van der Waals surface area contributed by atoms with Crippen molar-refractivity contribution in [3.05, 3.63) is 59.7 Å². The van der Waals surface area contributed by atoms with Crippen LogP contribution < -0.4 is 0 Å². The van der Waals surface area contributed by atoms with Crippen LogP contribution in [-0.4, -0.2) is 38.7 Å². The Hall–Kier alpha value is -2.48. The van der Waals surface area contributed by atoms with Gasteiger partial charge in [-0.15, -0.1) is 0 Å². The van der Waals surface area contributed by atoms with Gasteiger partial charge in [0.05, 0.1) is 28.9 Å². The average molecular weight is 502 g/mol. The molecule has 2 atom stereocenters. The number of carbonyl (C=O) groups is 1. The SMILES string of the molecule is CC1(C)C[C@H]2C[C@@](C)(CN2C(=O)CSc2nc3cc(C(F)(F)F)ccc3n2Cc2ccccc2)C1. The van der Waals surface area contributed by atoms with Gasteiger partial charge in [0, 0.05) is 12.6 Å². The number of aromatic nitrogens is 2. The number of benzene rings is 2. The largest absolute Gasteiger partial charge is 0.416 e. The van der Waals surface area contributed by atoms with Crippen LogP contribution in [0.5, 0.6) is 0 Å². The van der Waals surface area contributed by atoms with Crippen molar-refractivity contribution in [3.63, 3.8) is 0 Å². The lowest BCUT2D eigenvalue weighted by Gasteiger charge is -2.39. The molecular weight excluding hydrogens is 471 g/mol. The van der Waals surface area contributed by atoms with Crippen molar-refractivity contribution in [1.29, 1.82) is 0 Å². The highest BCUT2D eigenvalue weighted by Crippen LogP contribution is 2.52. The van der Waals surface area contributed by atoms with Crippen molar-refractivity contribution < 1.29 is 18.0 Å². The van der Waals surface area contributed by atoms with Gasteiger partial charge >= 0.3 is 6.18 Å². The van der Waals surface area contributed by atoms with Crippen molar-refractivity contribution in [1.82, 2.24) is 14.5 Å². The molecule has 2 fully saturated rings. The molecule has 0 unspecified atom stereocenters. The number of likely N-dealkylation sites (tertiary alicyclic amines) is 1. The molecule has 2 aliphatic rings. The van der Waals surface area contributed by atoms with Crippen LogP contribution in [0, 0.1) is 10.8 Å². The van der Waals surface area contributed by atoms with E-state index < -0.39 is 11.7 Å². The number of thioether (sulfide) groups is 1. The minimum absolute atomic E-state index is 0.0794. The summed E-state index contributed by atoms with van der Waals surface area (Å²) in [4.78, 5) is 19.9. The Morgan fingerprint density at radius 3 is 2.57 bits per heavy atom. The van der Waals surface area contributed by atoms with Gasteiger partial charge in [0.25, 0.3) is 0 Å². The van der Waals surface area contributed by atoms with Crippen molar-refractivity contribution in [3.8, 4) is 0 Å². The van der Waals surface area contributed by atoms with E-state index >= 15 is 0 Å². The molecule has 2 heterocycles. The highest BCUT2D eigenvalue weighted by Gasteiger charge is 2.50. The van der Waals surface area contributed by atoms with E-state index in [1.165, 1.54) is 17.8 Å². The lowest BCUT2D eigenvalue weighted by molar-refractivity contribution is -0.137. The molecule has 1 aromatic heterocycles. The van der Waals surface area contributed by atoms with Gasteiger partial charge < -0.3 is 9.47 Å². The van der Waals surface area contributed by atoms with Crippen LogP contribution in [0.3, 0.4) is 0 Å². The Morgan fingerprint density at radius 2 is 1.86 bits per heavy atom. The molecule has 2 aromatic carbocycles. The molecule has 1 saturated heterocycles. The zero-order chi connectivity index (χ0) is 25.0. The van der Waals surface area contributed by atoms with Gasteiger partial charge in [-0.05, 0) is 53.9 Å². The van der Waals surface area contributed by atoms with Gasteiger partial charge in [0.2, 0.25) is 5.91 Å². The first-order chi connectivity index (χ1) is 16.4. The maximum Gasteiger partial charge on any atom is 0.416 e. The number of halogens is 3. The monoisotopic (exact) mass is 501 g/mol. The fourth-order valence-corrected chi connectivity index (χ4v) is 7.17. The summed E-state index contributed by atoms with van der Waals surface area (Å²) in [6, 6.07) is 13.7. The van der Waals surface area contributed by atoms with E-state index in [1.807, 2.05) is 39.8 Å². The fourth-order valence-electron chi connectivity index (χ4n) is 6.27. The minimum atomic E-state index is -4.43. The average Bonchev–Trinajstić information content (AvgIpc) is 3.24. The fraction of sp³-hybridized carbons (Fsp3) is 0.481. The van der Waals surface area contributed by atoms with Crippen LogP contribution in [0.25, 0.3) is 11.0 Å². The van der Waals surface area contributed by atoms with Gasteiger partial charge in [-0.2, -0.15) is 13.2 Å². The number of amides is 1. The predicted octanol–water partition coefficient (Wildman–Crippen LogP) is 6.62. The van der Waals surface area contributed by atoms with Gasteiger partial charge in [0.1, 0.15) is 0 Å². The van der Waals surface area contributed by atoms with Crippen LogP contribution in [-0.2, 0) is 17.5 Å². The number of imidazole rings is 1. The van der Waals surface area contributed by atoms with Crippen molar-refractivity contribution in [2.75, 3.05) is 12.3 Å². The maximum atomic E-state index is 13.3. The van der Waals surface area contributed by atoms with E-state index in [9.17, 15) is 18.0 Å². The lowest BCUT2D eigenvalue weighted by Crippen LogP contribution is -2.38. The quantitative estimate of drug-likeness (QED) is 0.369. The van der Waals surface area contributed by atoms with E-state index in [0.717, 1.165) is 43.5 Å². The highest BCUT2D eigenvalue weighted by molar-refractivity contribution is 7.99. The summed E-state index contributed by atoms with van der Waals surface area (Å²) in [6.07, 6.45) is -1.27. The summed E-state index contributed by atoms with van der Waals surface area (Å²) in [7, 11) is 0. The maximum absolute atomic E-state index is 13.3. The molecule has 2 bridgehead atoms. The minimum Gasteiger partial charge on any atom is -0.338 e. The summed E-state index contributed by atoms with van der Waals surface area (Å²) in [6.45, 7) is 8.08. The first-order valence-electron chi connectivity index (χ1n) is 12.0. The predicted molar refractivity (Wildman–Crippen MR) is 132 cm³/mol. The molecule has 186 valence electrons. The summed E-state index contributed by atoms with van der Waals surface area (Å²) in [5.74, 6) is 0.299. The molecule has 0 N–H and O–H groups in total. The van der Waals surface area contributed by atoms with Gasteiger partial charge in [-0.25, -0.2) is 4.98 Å². The number of hydrogen-bond acceptors (Lipinski definition) is 3. The normalized spacial score (nSPS) is 23.7. The molecule has 1 amide bonds. The molecule has 4 nitrogen and oxygen atoms in total. The molecule has 3 aromatic rings. The highest BCUT2D eigenvalue weighted by atomic mass is 32.2. The standard InChI is InChI=1S/C27H30F3N3OS/c1-25(2)12-20-13-26(3,16-25)17-33(20)23(34)15-35-24-31-21-11-19(27(28,29)30)9-10-22(21)32(24)14-18-7-5-4-6-8-18/h4-11,20H,12-17H2,1-3H3/t20-,26+/m0/s1. The molecule has 8 heteroatoms. The van der Waals surface area contributed by atoms with E-state index in [0.29, 0.717) is 17.2 Å².